The Kier molecular flexibility index (Phi) is 7.20. The fourth-order valence-electron chi connectivity index (χ4n) is 3.80. The van der Waals surface area contributed by atoms with Crippen molar-refractivity contribution in [3.8, 4) is 5.75 Å². The molecule has 0 aliphatic carbocycles. The standard InChI is InChI=1S/C22H28F2N4O2/c1-15-12-18(13-16(2)20(15)30-22(23)24)21(29)26-17(3)14-27-8-10-28(11-9-27)19-6-4-5-7-25-19/h4-7,12-13,17,22H,8-11,14H2,1-3H3,(H,26,29). The number of halogens is 2. The number of aromatic nitrogens is 1. The summed E-state index contributed by atoms with van der Waals surface area (Å²) >= 11 is 0. The first-order chi connectivity index (χ1) is 14.3. The van der Waals surface area contributed by atoms with E-state index >= 15 is 0 Å². The van der Waals surface area contributed by atoms with Gasteiger partial charge in [-0.1, -0.05) is 6.07 Å². The van der Waals surface area contributed by atoms with E-state index in [1.54, 1.807) is 32.2 Å². The molecule has 1 atom stereocenters. The smallest absolute Gasteiger partial charge is 0.387 e. The Morgan fingerprint density at radius 2 is 1.83 bits per heavy atom. The molecule has 1 aliphatic rings. The number of nitrogens with one attached hydrogen (secondary N) is 1. The number of ether oxygens (including phenoxy) is 1. The Bertz CT molecular complexity index is 832. The normalized spacial score (nSPS) is 15.9. The number of carbonyl (C=O) groups excluding carboxylic acids is 1. The SMILES string of the molecule is Cc1cc(C(=O)NC(C)CN2CCN(c3ccccn3)CC2)cc(C)c1OC(F)F. The molecular weight excluding hydrogens is 390 g/mol. The number of aryl methyl sites for hydroxylation is 2. The van der Waals surface area contributed by atoms with Crippen LogP contribution in [0.25, 0.3) is 0 Å². The molecule has 1 unspecified atom stereocenters. The lowest BCUT2D eigenvalue weighted by atomic mass is 10.0. The van der Waals surface area contributed by atoms with Crippen LogP contribution in [-0.2, 0) is 0 Å². The monoisotopic (exact) mass is 418 g/mol. The molecule has 2 heterocycles. The lowest BCUT2D eigenvalue weighted by molar-refractivity contribution is -0.0507. The van der Waals surface area contributed by atoms with Crippen LogP contribution in [0.3, 0.4) is 0 Å². The summed E-state index contributed by atoms with van der Waals surface area (Å²) in [5, 5.41) is 3.01. The van der Waals surface area contributed by atoms with Gasteiger partial charge in [-0.2, -0.15) is 8.78 Å². The van der Waals surface area contributed by atoms with E-state index < -0.39 is 6.61 Å². The molecule has 0 bridgehead atoms. The second-order valence-electron chi connectivity index (χ2n) is 7.67. The van der Waals surface area contributed by atoms with Crippen LogP contribution in [0, 0.1) is 13.8 Å². The van der Waals surface area contributed by atoms with Crippen LogP contribution in [-0.4, -0.2) is 61.2 Å². The van der Waals surface area contributed by atoms with E-state index in [0.29, 0.717) is 16.7 Å². The summed E-state index contributed by atoms with van der Waals surface area (Å²) in [6.45, 7) is 6.72. The van der Waals surface area contributed by atoms with Crippen molar-refractivity contribution in [2.24, 2.45) is 0 Å². The van der Waals surface area contributed by atoms with Crippen molar-refractivity contribution in [3.63, 3.8) is 0 Å². The van der Waals surface area contributed by atoms with Crippen LogP contribution in [0.5, 0.6) is 5.75 Å². The molecule has 1 aromatic carbocycles. The second kappa shape index (κ2) is 9.84. The molecule has 0 saturated carbocycles. The van der Waals surface area contributed by atoms with Crippen molar-refractivity contribution in [1.29, 1.82) is 0 Å². The number of anilines is 1. The molecule has 0 spiro atoms. The van der Waals surface area contributed by atoms with Crippen LogP contribution in [0.1, 0.15) is 28.4 Å². The molecular formula is C22H28F2N4O2. The molecule has 6 nitrogen and oxygen atoms in total. The molecule has 3 rings (SSSR count). The highest BCUT2D eigenvalue weighted by atomic mass is 19.3. The third-order valence-electron chi connectivity index (χ3n) is 5.18. The number of piperazine rings is 1. The highest BCUT2D eigenvalue weighted by molar-refractivity contribution is 5.95. The van der Waals surface area contributed by atoms with Gasteiger partial charge < -0.3 is 15.0 Å². The predicted molar refractivity (Wildman–Crippen MR) is 112 cm³/mol. The molecule has 0 radical (unpaired) electrons. The first-order valence-corrected chi connectivity index (χ1v) is 10.1. The molecule has 1 amide bonds. The Morgan fingerprint density at radius 1 is 1.17 bits per heavy atom. The van der Waals surface area contributed by atoms with Gasteiger partial charge in [-0.15, -0.1) is 0 Å². The summed E-state index contributed by atoms with van der Waals surface area (Å²) in [5.41, 5.74) is 1.47. The maximum Gasteiger partial charge on any atom is 0.387 e. The highest BCUT2D eigenvalue weighted by Crippen LogP contribution is 2.26. The topological polar surface area (TPSA) is 57.7 Å². The molecule has 8 heteroatoms. The van der Waals surface area contributed by atoms with Crippen LogP contribution >= 0.6 is 0 Å². The van der Waals surface area contributed by atoms with Crippen molar-refractivity contribution >= 4 is 11.7 Å². The Labute approximate surface area is 175 Å². The molecule has 30 heavy (non-hydrogen) atoms. The summed E-state index contributed by atoms with van der Waals surface area (Å²) in [5.74, 6) is 0.897. The van der Waals surface area contributed by atoms with Crippen molar-refractivity contribution < 1.29 is 18.3 Å². The number of carbonyl (C=O) groups is 1. The minimum absolute atomic E-state index is 0.0449. The zero-order valence-corrected chi connectivity index (χ0v) is 17.6. The number of alkyl halides is 2. The van der Waals surface area contributed by atoms with Gasteiger partial charge in [0.1, 0.15) is 11.6 Å². The van der Waals surface area contributed by atoms with Crippen molar-refractivity contribution in [2.75, 3.05) is 37.6 Å². The van der Waals surface area contributed by atoms with E-state index in [2.05, 4.69) is 24.8 Å². The van der Waals surface area contributed by atoms with Crippen LogP contribution in [0.4, 0.5) is 14.6 Å². The van der Waals surface area contributed by atoms with Crippen molar-refractivity contribution in [2.45, 2.75) is 33.4 Å². The van der Waals surface area contributed by atoms with E-state index in [9.17, 15) is 13.6 Å². The zero-order valence-electron chi connectivity index (χ0n) is 17.6. The highest BCUT2D eigenvalue weighted by Gasteiger charge is 2.21. The maximum atomic E-state index is 12.6. The fourth-order valence-corrected chi connectivity index (χ4v) is 3.80. The van der Waals surface area contributed by atoms with Crippen molar-refractivity contribution in [1.82, 2.24) is 15.2 Å². The van der Waals surface area contributed by atoms with Gasteiger partial charge in [0.05, 0.1) is 0 Å². The molecule has 1 fully saturated rings. The van der Waals surface area contributed by atoms with E-state index in [1.807, 2.05) is 25.1 Å². The summed E-state index contributed by atoms with van der Waals surface area (Å²) in [7, 11) is 0. The van der Waals surface area contributed by atoms with E-state index in [0.717, 1.165) is 38.5 Å². The number of hydrogen-bond donors (Lipinski definition) is 1. The van der Waals surface area contributed by atoms with E-state index in [1.165, 1.54) is 0 Å². The molecule has 1 aromatic heterocycles. The fraction of sp³-hybridized carbons (Fsp3) is 0.455. The molecule has 1 saturated heterocycles. The second-order valence-corrected chi connectivity index (χ2v) is 7.67. The largest absolute Gasteiger partial charge is 0.434 e. The third-order valence-corrected chi connectivity index (χ3v) is 5.18. The number of rotatable bonds is 7. The minimum atomic E-state index is -2.89. The first kappa shape index (κ1) is 22.0. The zero-order chi connectivity index (χ0) is 21.7. The van der Waals surface area contributed by atoms with Gasteiger partial charge in [-0.05, 0) is 56.2 Å². The van der Waals surface area contributed by atoms with Gasteiger partial charge in [-0.25, -0.2) is 4.98 Å². The number of benzene rings is 1. The van der Waals surface area contributed by atoms with Crippen LogP contribution in [0.2, 0.25) is 0 Å². The lowest BCUT2D eigenvalue weighted by Crippen LogP contribution is -2.51. The molecule has 162 valence electrons. The predicted octanol–water partition coefficient (Wildman–Crippen LogP) is 3.24. The van der Waals surface area contributed by atoms with Gasteiger partial charge in [-0.3, -0.25) is 9.69 Å². The average Bonchev–Trinajstić information content (AvgIpc) is 2.71. The number of amides is 1. The van der Waals surface area contributed by atoms with Crippen molar-refractivity contribution in [3.05, 3.63) is 53.2 Å². The maximum absolute atomic E-state index is 12.6. The van der Waals surface area contributed by atoms with E-state index in [-0.39, 0.29) is 17.7 Å². The van der Waals surface area contributed by atoms with Crippen LogP contribution < -0.4 is 15.0 Å². The van der Waals surface area contributed by atoms with Gasteiger partial charge >= 0.3 is 6.61 Å². The van der Waals surface area contributed by atoms with Gasteiger partial charge in [0.25, 0.3) is 5.91 Å². The first-order valence-electron chi connectivity index (χ1n) is 10.1. The summed E-state index contributed by atoms with van der Waals surface area (Å²) < 4.78 is 29.6. The molecule has 1 aliphatic heterocycles. The summed E-state index contributed by atoms with van der Waals surface area (Å²) in [6.07, 6.45) is 1.80. The quantitative estimate of drug-likeness (QED) is 0.748. The number of hydrogen-bond acceptors (Lipinski definition) is 5. The average molecular weight is 418 g/mol. The molecule has 2 aromatic rings. The van der Waals surface area contributed by atoms with E-state index in [4.69, 9.17) is 0 Å². The Hall–Kier alpha value is -2.74. The minimum Gasteiger partial charge on any atom is -0.434 e. The Balaban J connectivity index is 1.51. The van der Waals surface area contributed by atoms with Crippen LogP contribution in [0.15, 0.2) is 36.5 Å². The number of pyridine rings is 1. The van der Waals surface area contributed by atoms with Gasteiger partial charge in [0.2, 0.25) is 0 Å². The van der Waals surface area contributed by atoms with Gasteiger partial charge in [0, 0.05) is 50.5 Å². The summed E-state index contributed by atoms with van der Waals surface area (Å²) in [6, 6.07) is 9.03. The third kappa shape index (κ3) is 5.66. The Morgan fingerprint density at radius 3 is 2.40 bits per heavy atom. The lowest BCUT2D eigenvalue weighted by Gasteiger charge is -2.36. The summed E-state index contributed by atoms with van der Waals surface area (Å²) in [4.78, 5) is 21.6. The molecule has 1 N–H and O–H groups in total. The van der Waals surface area contributed by atoms with Gasteiger partial charge in [0.15, 0.2) is 0 Å². The number of nitrogens with zero attached hydrogens (tertiary/aromatic N) is 3.